The molecule has 1 aliphatic rings. The molecule has 0 radical (unpaired) electrons. The van der Waals surface area contributed by atoms with Crippen LogP contribution in [0.1, 0.15) is 47.2 Å². The molecule has 5 rings (SSSR count). The first-order valence-electron chi connectivity index (χ1n) is 13.2. The average Bonchev–Trinajstić information content (AvgIpc) is 3.24. The summed E-state index contributed by atoms with van der Waals surface area (Å²) >= 11 is 0. The third kappa shape index (κ3) is 5.44. The number of nitrogens with zero attached hydrogens (tertiary/aromatic N) is 3. The molecule has 0 saturated heterocycles. The number of nitrogens with one attached hydrogen (secondary N) is 2. The maximum atomic E-state index is 13.3. The third-order valence-corrected chi connectivity index (χ3v) is 7.50. The fraction of sp³-hybridized carbons (Fsp3) is 0.323. The molecule has 202 valence electrons. The van der Waals surface area contributed by atoms with Gasteiger partial charge in [0.15, 0.2) is 0 Å². The Morgan fingerprint density at radius 2 is 1.85 bits per heavy atom. The second-order valence-electron chi connectivity index (χ2n) is 10.0. The molecule has 2 aromatic heterocycles. The molecule has 2 aromatic carbocycles. The fourth-order valence-electron chi connectivity index (χ4n) is 5.18. The summed E-state index contributed by atoms with van der Waals surface area (Å²) in [6.45, 7) is 4.78. The number of carbonyl (C=O) groups excluding carboxylic acids is 1. The number of rotatable bonds is 9. The second-order valence-corrected chi connectivity index (χ2v) is 10.0. The zero-order chi connectivity index (χ0) is 27.4. The number of para-hydroxylation sites is 1. The highest BCUT2D eigenvalue weighted by Gasteiger charge is 2.40. The average molecular weight is 526 g/mol. The second kappa shape index (κ2) is 11.4. The van der Waals surface area contributed by atoms with E-state index in [9.17, 15) is 4.79 Å². The highest BCUT2D eigenvalue weighted by atomic mass is 16.5. The minimum Gasteiger partial charge on any atom is -0.380 e. The van der Waals surface area contributed by atoms with E-state index in [2.05, 4.69) is 33.8 Å². The van der Waals surface area contributed by atoms with Crippen LogP contribution in [0.3, 0.4) is 0 Å². The molecule has 1 saturated carbocycles. The number of urea groups is 1. The molecule has 0 unspecified atom stereocenters. The molecule has 39 heavy (non-hydrogen) atoms. The lowest BCUT2D eigenvalue weighted by Crippen LogP contribution is -2.38. The minimum absolute atomic E-state index is 0.293. The highest BCUT2D eigenvalue weighted by molar-refractivity contribution is 5.90. The number of methoxy groups -OCH3 is 2. The third-order valence-electron chi connectivity index (χ3n) is 7.50. The zero-order valence-corrected chi connectivity index (χ0v) is 23.0. The molecular formula is C31H35N5O3. The Balaban J connectivity index is 1.42. The highest BCUT2D eigenvalue weighted by Crippen LogP contribution is 2.45. The van der Waals surface area contributed by atoms with Gasteiger partial charge >= 0.3 is 6.03 Å². The van der Waals surface area contributed by atoms with Crippen molar-refractivity contribution in [2.24, 2.45) is 0 Å². The molecule has 0 spiro atoms. The van der Waals surface area contributed by atoms with E-state index in [0.29, 0.717) is 19.0 Å². The number of pyridine rings is 1. The molecule has 4 aromatic rings. The van der Waals surface area contributed by atoms with Crippen LogP contribution < -0.4 is 10.6 Å². The zero-order valence-electron chi connectivity index (χ0n) is 23.0. The Labute approximate surface area is 229 Å². The predicted molar refractivity (Wildman–Crippen MR) is 152 cm³/mol. The number of anilines is 1. The van der Waals surface area contributed by atoms with Crippen molar-refractivity contribution in [3.63, 3.8) is 0 Å². The molecule has 2 N–H and O–H groups in total. The Bertz CT molecular complexity index is 1440. The first kappa shape index (κ1) is 26.6. The van der Waals surface area contributed by atoms with Gasteiger partial charge in [0, 0.05) is 43.8 Å². The van der Waals surface area contributed by atoms with Crippen molar-refractivity contribution in [2.75, 3.05) is 19.5 Å². The topological polar surface area (TPSA) is 90.3 Å². The van der Waals surface area contributed by atoms with E-state index in [-0.39, 0.29) is 11.6 Å². The van der Waals surface area contributed by atoms with Crippen molar-refractivity contribution in [3.8, 4) is 16.9 Å². The van der Waals surface area contributed by atoms with Gasteiger partial charge < -0.3 is 14.8 Å². The lowest BCUT2D eigenvalue weighted by atomic mass is 9.73. The van der Waals surface area contributed by atoms with E-state index in [0.717, 1.165) is 64.2 Å². The number of ether oxygens (including phenoxy) is 2. The number of amides is 2. The summed E-state index contributed by atoms with van der Waals surface area (Å²) in [6.07, 6.45) is 4.88. The van der Waals surface area contributed by atoms with Gasteiger partial charge in [-0.15, -0.1) is 0 Å². The van der Waals surface area contributed by atoms with Crippen molar-refractivity contribution in [2.45, 2.75) is 51.9 Å². The number of aryl methyl sites for hydroxylation is 1. The molecule has 2 heterocycles. The van der Waals surface area contributed by atoms with Gasteiger partial charge in [-0.05, 0) is 74.1 Å². The summed E-state index contributed by atoms with van der Waals surface area (Å²) in [5.41, 5.74) is 7.21. The van der Waals surface area contributed by atoms with Crippen LogP contribution >= 0.6 is 0 Å². The number of benzene rings is 2. The van der Waals surface area contributed by atoms with Gasteiger partial charge in [-0.25, -0.2) is 9.48 Å². The summed E-state index contributed by atoms with van der Waals surface area (Å²) < 4.78 is 13.1. The van der Waals surface area contributed by atoms with Crippen LogP contribution in [0.15, 0.2) is 66.9 Å². The molecule has 0 atom stereocenters. The number of carbonyl (C=O) groups is 1. The van der Waals surface area contributed by atoms with Crippen molar-refractivity contribution in [1.29, 1.82) is 0 Å². The summed E-state index contributed by atoms with van der Waals surface area (Å²) in [7, 11) is 3.45. The Morgan fingerprint density at radius 3 is 2.49 bits per heavy atom. The lowest BCUT2D eigenvalue weighted by Gasteiger charge is -2.42. The molecule has 8 nitrogen and oxygen atoms in total. The predicted octanol–water partition coefficient (Wildman–Crippen LogP) is 6.04. The monoisotopic (exact) mass is 525 g/mol. The van der Waals surface area contributed by atoms with Crippen LogP contribution in [0.2, 0.25) is 0 Å². The molecule has 1 fully saturated rings. The van der Waals surface area contributed by atoms with Gasteiger partial charge in [0.2, 0.25) is 0 Å². The van der Waals surface area contributed by atoms with Gasteiger partial charge in [-0.2, -0.15) is 5.10 Å². The van der Waals surface area contributed by atoms with Gasteiger partial charge in [-0.1, -0.05) is 36.4 Å². The fourth-order valence-corrected chi connectivity index (χ4v) is 5.18. The molecule has 2 amide bonds. The van der Waals surface area contributed by atoms with Crippen LogP contribution in [0.5, 0.6) is 0 Å². The van der Waals surface area contributed by atoms with Crippen molar-refractivity contribution in [3.05, 3.63) is 94.8 Å². The van der Waals surface area contributed by atoms with Crippen LogP contribution in [-0.4, -0.2) is 35.0 Å². The standard InChI is InChI=1S/C31H35N5O3/c1-21-11-13-24(18-32-21)28-22(2)29(36(35-28)26-9-6-5-7-10-26)34-30(37)33-19-25-17-23(20-38-3)12-14-27(25)31(39-4)15-8-16-31/h5-7,9-14,17-18H,8,15-16,19-20H2,1-4H3,(H2,33,34,37). The number of aromatic nitrogens is 3. The summed E-state index contributed by atoms with van der Waals surface area (Å²) in [5, 5.41) is 11.0. The van der Waals surface area contributed by atoms with E-state index < -0.39 is 0 Å². The Morgan fingerprint density at radius 1 is 1.05 bits per heavy atom. The number of hydrogen-bond acceptors (Lipinski definition) is 5. The van der Waals surface area contributed by atoms with Crippen molar-refractivity contribution >= 4 is 11.8 Å². The van der Waals surface area contributed by atoms with E-state index in [1.54, 1.807) is 18.9 Å². The maximum absolute atomic E-state index is 13.3. The van der Waals surface area contributed by atoms with Crippen LogP contribution in [0.4, 0.5) is 10.6 Å². The lowest BCUT2D eigenvalue weighted by molar-refractivity contribution is -0.0785. The first-order chi connectivity index (χ1) is 18.9. The SMILES string of the molecule is COCc1ccc(C2(OC)CCC2)c(CNC(=O)Nc2c(C)c(-c3ccc(C)nc3)nn2-c2ccccc2)c1. The maximum Gasteiger partial charge on any atom is 0.320 e. The normalized spacial score (nSPS) is 14.1. The Kier molecular flexibility index (Phi) is 7.77. The van der Waals surface area contributed by atoms with Crippen molar-refractivity contribution in [1.82, 2.24) is 20.1 Å². The summed E-state index contributed by atoms with van der Waals surface area (Å²) in [5.74, 6) is 0.606. The quantitative estimate of drug-likeness (QED) is 0.278. The molecular weight excluding hydrogens is 490 g/mol. The summed E-state index contributed by atoms with van der Waals surface area (Å²) in [4.78, 5) is 17.7. The van der Waals surface area contributed by atoms with Gasteiger partial charge in [0.1, 0.15) is 5.82 Å². The van der Waals surface area contributed by atoms with E-state index in [4.69, 9.17) is 14.6 Å². The minimum atomic E-state index is -0.313. The van der Waals surface area contributed by atoms with E-state index in [1.807, 2.05) is 62.5 Å². The molecule has 8 heteroatoms. The molecule has 0 bridgehead atoms. The largest absolute Gasteiger partial charge is 0.380 e. The van der Waals surface area contributed by atoms with E-state index >= 15 is 0 Å². The smallest absolute Gasteiger partial charge is 0.320 e. The Hall–Kier alpha value is -4.01. The molecule has 0 aliphatic heterocycles. The van der Waals surface area contributed by atoms with Crippen LogP contribution in [0, 0.1) is 13.8 Å². The van der Waals surface area contributed by atoms with Gasteiger partial charge in [0.25, 0.3) is 0 Å². The summed E-state index contributed by atoms with van der Waals surface area (Å²) in [6, 6.07) is 19.7. The molecule has 1 aliphatic carbocycles. The van der Waals surface area contributed by atoms with Crippen LogP contribution in [-0.2, 0) is 28.2 Å². The van der Waals surface area contributed by atoms with Crippen molar-refractivity contribution < 1.29 is 14.3 Å². The number of hydrogen-bond donors (Lipinski definition) is 2. The first-order valence-corrected chi connectivity index (χ1v) is 13.2. The van der Waals surface area contributed by atoms with Gasteiger partial charge in [-0.3, -0.25) is 10.3 Å². The van der Waals surface area contributed by atoms with Crippen LogP contribution in [0.25, 0.3) is 16.9 Å². The van der Waals surface area contributed by atoms with E-state index in [1.165, 1.54) is 0 Å². The van der Waals surface area contributed by atoms with Gasteiger partial charge in [0.05, 0.1) is 23.6 Å².